The molecule has 0 radical (unpaired) electrons. The van der Waals surface area contributed by atoms with E-state index in [9.17, 15) is 17.7 Å². The number of oxazole rings is 1. The fourth-order valence-corrected chi connectivity index (χ4v) is 1.17. The van der Waals surface area contributed by atoms with Gasteiger partial charge in [0.25, 0.3) is 0 Å². The largest absolute Gasteiger partial charge is 1.00 e. The monoisotopic (exact) mass is 241 g/mol. The molecule has 2 rings (SSSR count). The zero-order chi connectivity index (χ0) is 10.3. The van der Waals surface area contributed by atoms with Crippen molar-refractivity contribution in [3.63, 3.8) is 0 Å². The second-order valence-electron chi connectivity index (χ2n) is 2.84. The molecule has 1 N–H and O–H groups in total. The molecule has 15 heavy (non-hydrogen) atoms. The van der Waals surface area contributed by atoms with E-state index in [1.807, 2.05) is 0 Å². The molecular formula is C7H4BF3KNO2. The van der Waals surface area contributed by atoms with E-state index >= 15 is 0 Å². The zero-order valence-electron chi connectivity index (χ0n) is 7.76. The van der Waals surface area contributed by atoms with E-state index in [0.29, 0.717) is 0 Å². The maximum absolute atomic E-state index is 12.3. The fourth-order valence-electron chi connectivity index (χ4n) is 1.17. The summed E-state index contributed by atoms with van der Waals surface area (Å²) in [4.78, 5) is 12.8. The third kappa shape index (κ3) is 2.76. The maximum Gasteiger partial charge on any atom is 1.00 e. The van der Waals surface area contributed by atoms with Crippen molar-refractivity contribution >= 4 is 23.5 Å². The summed E-state index contributed by atoms with van der Waals surface area (Å²) in [6, 6.07) is 2.87. The van der Waals surface area contributed by atoms with E-state index in [1.54, 1.807) is 0 Å². The average Bonchev–Trinajstić information content (AvgIpc) is 2.41. The van der Waals surface area contributed by atoms with Crippen LogP contribution in [-0.4, -0.2) is 12.0 Å². The van der Waals surface area contributed by atoms with Crippen molar-refractivity contribution in [2.24, 2.45) is 0 Å². The van der Waals surface area contributed by atoms with Gasteiger partial charge in [0.1, 0.15) is 0 Å². The molecule has 0 aliphatic carbocycles. The standard InChI is InChI=1S/C7H4BF3NO2.K/c9-8(10,11)4-1-2-6-5(3-4)12-7(13)14-6;/h1-3H,(H,12,13);/q-1;+1. The van der Waals surface area contributed by atoms with Crippen molar-refractivity contribution in [3.05, 3.63) is 28.7 Å². The predicted octanol–water partition coefficient (Wildman–Crippen LogP) is -1.82. The van der Waals surface area contributed by atoms with Crippen LogP contribution in [0, 0.1) is 0 Å². The Labute approximate surface area is 125 Å². The Kier molecular flexibility index (Phi) is 3.88. The van der Waals surface area contributed by atoms with E-state index in [4.69, 9.17) is 0 Å². The molecule has 0 unspecified atom stereocenters. The Bertz CT molecular complexity index is 533. The average molecular weight is 241 g/mol. The molecule has 0 spiro atoms. The van der Waals surface area contributed by atoms with Gasteiger partial charge < -0.3 is 17.4 Å². The molecule has 0 bridgehead atoms. The topological polar surface area (TPSA) is 46.0 Å². The van der Waals surface area contributed by atoms with Gasteiger partial charge in [-0.3, -0.25) is 4.98 Å². The van der Waals surface area contributed by atoms with Crippen LogP contribution in [-0.2, 0) is 0 Å². The van der Waals surface area contributed by atoms with Crippen LogP contribution in [0.15, 0.2) is 27.4 Å². The van der Waals surface area contributed by atoms with E-state index in [2.05, 4.69) is 9.40 Å². The Balaban J connectivity index is 0.00000112. The molecule has 0 fully saturated rings. The zero-order valence-corrected chi connectivity index (χ0v) is 10.9. The number of aromatic nitrogens is 1. The Hall–Kier alpha value is -0.0187. The minimum absolute atomic E-state index is 0. The number of halogens is 3. The molecule has 1 heterocycles. The van der Waals surface area contributed by atoms with Crippen molar-refractivity contribution in [2.75, 3.05) is 0 Å². The smallest absolute Gasteiger partial charge is 0.445 e. The minimum atomic E-state index is -5.04. The van der Waals surface area contributed by atoms with Crippen molar-refractivity contribution in [2.45, 2.75) is 0 Å². The van der Waals surface area contributed by atoms with Gasteiger partial charge in [0.15, 0.2) is 5.58 Å². The van der Waals surface area contributed by atoms with Crippen molar-refractivity contribution in [3.8, 4) is 0 Å². The van der Waals surface area contributed by atoms with Crippen LogP contribution in [0.2, 0.25) is 0 Å². The molecular weight excluding hydrogens is 237 g/mol. The summed E-state index contributed by atoms with van der Waals surface area (Å²) in [6.07, 6.45) is 0. The molecule has 1 aromatic carbocycles. The van der Waals surface area contributed by atoms with Gasteiger partial charge in [-0.1, -0.05) is 12.1 Å². The van der Waals surface area contributed by atoms with Gasteiger partial charge in [0, 0.05) is 0 Å². The minimum Gasteiger partial charge on any atom is -0.445 e. The third-order valence-corrected chi connectivity index (χ3v) is 1.82. The fraction of sp³-hybridized carbons (Fsp3) is 0. The molecule has 1 aromatic heterocycles. The van der Waals surface area contributed by atoms with Crippen LogP contribution in [0.3, 0.4) is 0 Å². The predicted molar refractivity (Wildman–Crippen MR) is 45.5 cm³/mol. The SMILES string of the molecule is O=c1[nH]c2cc([B-](F)(F)F)ccc2o1.[K+]. The van der Waals surface area contributed by atoms with Crippen LogP contribution in [0.5, 0.6) is 0 Å². The number of rotatable bonds is 1. The van der Waals surface area contributed by atoms with Gasteiger partial charge in [-0.15, -0.1) is 5.46 Å². The van der Waals surface area contributed by atoms with Crippen LogP contribution < -0.4 is 62.6 Å². The molecule has 0 saturated carbocycles. The van der Waals surface area contributed by atoms with Gasteiger partial charge in [0.2, 0.25) is 0 Å². The number of hydrogen-bond acceptors (Lipinski definition) is 2. The number of aromatic amines is 1. The van der Waals surface area contributed by atoms with E-state index in [1.165, 1.54) is 0 Å². The van der Waals surface area contributed by atoms with Crippen molar-refractivity contribution in [1.29, 1.82) is 0 Å². The van der Waals surface area contributed by atoms with Gasteiger partial charge in [-0.25, -0.2) is 4.79 Å². The van der Waals surface area contributed by atoms with Gasteiger partial charge in [0.05, 0.1) is 5.52 Å². The van der Waals surface area contributed by atoms with Crippen LogP contribution in [0.25, 0.3) is 11.1 Å². The first-order valence-electron chi connectivity index (χ1n) is 3.79. The van der Waals surface area contributed by atoms with Crippen molar-refractivity contribution in [1.82, 2.24) is 4.98 Å². The molecule has 0 atom stereocenters. The van der Waals surface area contributed by atoms with Gasteiger partial charge in [-0.2, -0.15) is 0 Å². The number of hydrogen-bond donors (Lipinski definition) is 1. The second kappa shape index (κ2) is 4.46. The molecule has 0 aliphatic rings. The summed E-state index contributed by atoms with van der Waals surface area (Å²) in [6.45, 7) is -5.04. The molecule has 0 amide bonds. The first-order chi connectivity index (χ1) is 6.47. The van der Waals surface area contributed by atoms with E-state index in [0.717, 1.165) is 18.2 Å². The van der Waals surface area contributed by atoms with Crippen molar-refractivity contribution < 1.29 is 68.7 Å². The molecule has 2 aromatic rings. The van der Waals surface area contributed by atoms with Gasteiger partial charge >= 0.3 is 64.1 Å². The van der Waals surface area contributed by atoms with E-state index < -0.39 is 18.2 Å². The van der Waals surface area contributed by atoms with Crippen LogP contribution >= 0.6 is 0 Å². The Morgan fingerprint density at radius 2 is 1.93 bits per heavy atom. The molecule has 8 heteroatoms. The van der Waals surface area contributed by atoms with E-state index in [-0.39, 0.29) is 62.5 Å². The number of fused-ring (bicyclic) bond motifs is 1. The van der Waals surface area contributed by atoms with Gasteiger partial charge in [-0.05, 0) is 6.07 Å². The molecule has 0 saturated heterocycles. The summed E-state index contributed by atoms with van der Waals surface area (Å²) < 4.78 is 41.4. The normalized spacial score (nSPS) is 11.4. The summed E-state index contributed by atoms with van der Waals surface area (Å²) in [5, 5.41) is 0. The first-order valence-corrected chi connectivity index (χ1v) is 3.79. The summed E-state index contributed by atoms with van der Waals surface area (Å²) >= 11 is 0. The molecule has 0 aliphatic heterocycles. The second-order valence-corrected chi connectivity index (χ2v) is 2.84. The van der Waals surface area contributed by atoms with Crippen LogP contribution in [0.1, 0.15) is 0 Å². The first kappa shape index (κ1) is 13.0. The maximum atomic E-state index is 12.3. The van der Waals surface area contributed by atoms with Crippen LogP contribution in [0.4, 0.5) is 12.9 Å². The quantitative estimate of drug-likeness (QED) is 0.597. The summed E-state index contributed by atoms with van der Waals surface area (Å²) in [5.41, 5.74) is -0.569. The molecule has 74 valence electrons. The summed E-state index contributed by atoms with van der Waals surface area (Å²) in [5.74, 6) is -0.758. The number of nitrogens with one attached hydrogen (secondary N) is 1. The molecule has 3 nitrogen and oxygen atoms in total. The Morgan fingerprint density at radius 3 is 2.53 bits per heavy atom. The summed E-state index contributed by atoms with van der Waals surface area (Å²) in [7, 11) is 0. The third-order valence-electron chi connectivity index (χ3n) is 1.82. The number of H-pyrrole nitrogens is 1. The Morgan fingerprint density at radius 1 is 1.27 bits per heavy atom. The number of benzene rings is 1.